The Bertz CT molecular complexity index is 1230. The van der Waals surface area contributed by atoms with Crippen LogP contribution in [0, 0.1) is 0 Å². The van der Waals surface area contributed by atoms with E-state index in [1.165, 1.54) is 32.7 Å². The first-order valence-corrected chi connectivity index (χ1v) is 12.6. The normalized spacial score (nSPS) is 12.2. The number of benzene rings is 3. The summed E-state index contributed by atoms with van der Waals surface area (Å²) in [6.07, 6.45) is 0. The highest BCUT2D eigenvalue weighted by Gasteiger charge is 2.24. The van der Waals surface area contributed by atoms with Gasteiger partial charge in [-0.25, -0.2) is 0 Å². The van der Waals surface area contributed by atoms with Crippen LogP contribution in [0.2, 0.25) is 0 Å². The molecule has 0 radical (unpaired) electrons. The molecule has 0 spiro atoms. The first-order chi connectivity index (χ1) is 16.5. The van der Waals surface area contributed by atoms with Crippen molar-refractivity contribution in [1.29, 1.82) is 0 Å². The van der Waals surface area contributed by atoms with Gasteiger partial charge in [0, 0.05) is 18.5 Å². The fourth-order valence-corrected chi connectivity index (χ4v) is 5.46. The molecular weight excluding hydrogens is 436 g/mol. The number of rotatable bonds is 8. The fraction of sp³-hybridized carbons (Fsp3) is 0.233. The molecule has 4 aromatic rings. The molecule has 0 saturated heterocycles. The van der Waals surface area contributed by atoms with Gasteiger partial charge in [0.25, 0.3) is 0 Å². The van der Waals surface area contributed by atoms with Crippen molar-refractivity contribution in [2.45, 2.75) is 32.4 Å². The molecule has 1 N–H and O–H groups in total. The lowest BCUT2D eigenvalue weighted by atomic mass is 9.97. The molecule has 4 heteroatoms. The quantitative estimate of drug-likeness (QED) is 0.298. The molecule has 3 nitrogen and oxygen atoms in total. The van der Waals surface area contributed by atoms with E-state index in [0.717, 1.165) is 5.56 Å². The van der Waals surface area contributed by atoms with Crippen molar-refractivity contribution in [3.63, 3.8) is 0 Å². The Labute approximate surface area is 207 Å². The molecule has 0 fully saturated rings. The standard InChI is InChI=1S/C30H32N2OS/c1-21(2)27-17-18-34-29(27)26-12-8-11-25(19-26)23-15-13-22(14-16-23)20-32(4)28(30(33)31-3)24-9-6-5-7-10-24/h5-19,21,28H,20H2,1-4H3,(H,31,33)/t28-/m1/s1. The van der Waals surface area contributed by atoms with Crippen molar-refractivity contribution < 1.29 is 4.79 Å². The molecular formula is C30H32N2OS. The van der Waals surface area contributed by atoms with Gasteiger partial charge in [-0.3, -0.25) is 9.69 Å². The van der Waals surface area contributed by atoms with Gasteiger partial charge in [-0.2, -0.15) is 0 Å². The van der Waals surface area contributed by atoms with Gasteiger partial charge in [0.15, 0.2) is 0 Å². The third-order valence-electron chi connectivity index (χ3n) is 6.21. The summed E-state index contributed by atoms with van der Waals surface area (Å²) in [5.41, 5.74) is 7.26. The second-order valence-electron chi connectivity index (χ2n) is 8.98. The van der Waals surface area contributed by atoms with Crippen LogP contribution in [0.25, 0.3) is 21.6 Å². The van der Waals surface area contributed by atoms with E-state index >= 15 is 0 Å². The van der Waals surface area contributed by atoms with Gasteiger partial charge >= 0.3 is 0 Å². The third kappa shape index (κ3) is 5.30. The Morgan fingerprint density at radius 1 is 0.882 bits per heavy atom. The Hall–Kier alpha value is -3.21. The minimum atomic E-state index is -0.330. The van der Waals surface area contributed by atoms with Crippen molar-refractivity contribution in [2.75, 3.05) is 14.1 Å². The van der Waals surface area contributed by atoms with Crippen LogP contribution in [0.1, 0.15) is 42.5 Å². The number of carbonyl (C=O) groups is 1. The maximum atomic E-state index is 12.6. The first-order valence-electron chi connectivity index (χ1n) is 11.7. The van der Waals surface area contributed by atoms with Gasteiger partial charge in [0.1, 0.15) is 6.04 Å². The van der Waals surface area contributed by atoms with Crippen molar-refractivity contribution in [2.24, 2.45) is 0 Å². The van der Waals surface area contributed by atoms with Gasteiger partial charge < -0.3 is 5.32 Å². The second-order valence-corrected chi connectivity index (χ2v) is 9.90. The number of hydrogen-bond acceptors (Lipinski definition) is 3. The van der Waals surface area contributed by atoms with Gasteiger partial charge in [0.05, 0.1) is 0 Å². The van der Waals surface area contributed by atoms with Crippen LogP contribution in [0.4, 0.5) is 0 Å². The summed E-state index contributed by atoms with van der Waals surface area (Å²) < 4.78 is 0. The summed E-state index contributed by atoms with van der Waals surface area (Å²) in [4.78, 5) is 16.1. The highest BCUT2D eigenvalue weighted by molar-refractivity contribution is 7.13. The minimum absolute atomic E-state index is 0.00326. The zero-order valence-corrected chi connectivity index (χ0v) is 21.1. The lowest BCUT2D eigenvalue weighted by Crippen LogP contribution is -2.36. The minimum Gasteiger partial charge on any atom is -0.358 e. The van der Waals surface area contributed by atoms with E-state index in [-0.39, 0.29) is 11.9 Å². The van der Waals surface area contributed by atoms with E-state index in [1.807, 2.05) is 48.7 Å². The molecule has 0 aliphatic carbocycles. The topological polar surface area (TPSA) is 32.3 Å². The van der Waals surface area contributed by atoms with Crippen LogP contribution in [-0.2, 0) is 11.3 Å². The Morgan fingerprint density at radius 3 is 2.26 bits per heavy atom. The van der Waals surface area contributed by atoms with Crippen LogP contribution in [-0.4, -0.2) is 24.9 Å². The van der Waals surface area contributed by atoms with Crippen LogP contribution >= 0.6 is 11.3 Å². The largest absolute Gasteiger partial charge is 0.358 e. The Balaban J connectivity index is 1.53. The fourth-order valence-electron chi connectivity index (χ4n) is 4.41. The summed E-state index contributed by atoms with van der Waals surface area (Å²) >= 11 is 1.81. The smallest absolute Gasteiger partial charge is 0.241 e. The zero-order chi connectivity index (χ0) is 24.1. The average molecular weight is 469 g/mol. The number of carbonyl (C=O) groups excluding carboxylic acids is 1. The van der Waals surface area contributed by atoms with E-state index in [2.05, 4.69) is 84.0 Å². The predicted octanol–water partition coefficient (Wildman–Crippen LogP) is 7.12. The monoisotopic (exact) mass is 468 g/mol. The van der Waals surface area contributed by atoms with E-state index in [4.69, 9.17) is 0 Å². The molecule has 34 heavy (non-hydrogen) atoms. The lowest BCUT2D eigenvalue weighted by Gasteiger charge is -2.27. The maximum Gasteiger partial charge on any atom is 0.241 e. The van der Waals surface area contributed by atoms with Crippen molar-refractivity contribution >= 4 is 17.2 Å². The van der Waals surface area contributed by atoms with Gasteiger partial charge in [-0.05, 0) is 63.9 Å². The number of hydrogen-bond donors (Lipinski definition) is 1. The predicted molar refractivity (Wildman–Crippen MR) is 144 cm³/mol. The summed E-state index contributed by atoms with van der Waals surface area (Å²) in [5.74, 6) is 0.507. The number of amides is 1. The number of nitrogens with zero attached hydrogens (tertiary/aromatic N) is 1. The molecule has 1 amide bonds. The van der Waals surface area contributed by atoms with E-state index < -0.39 is 0 Å². The maximum absolute atomic E-state index is 12.6. The first kappa shape index (κ1) is 23.9. The number of likely N-dealkylation sites (N-methyl/N-ethyl adjacent to an activating group) is 2. The van der Waals surface area contributed by atoms with Gasteiger partial charge in [-0.15, -0.1) is 11.3 Å². The second kappa shape index (κ2) is 10.8. The highest BCUT2D eigenvalue weighted by Crippen LogP contribution is 2.36. The molecule has 3 aromatic carbocycles. The molecule has 1 heterocycles. The molecule has 1 atom stereocenters. The highest BCUT2D eigenvalue weighted by atomic mass is 32.1. The number of nitrogens with one attached hydrogen (secondary N) is 1. The van der Waals surface area contributed by atoms with Crippen LogP contribution < -0.4 is 5.32 Å². The summed E-state index contributed by atoms with van der Waals surface area (Å²) in [7, 11) is 3.69. The van der Waals surface area contributed by atoms with E-state index in [9.17, 15) is 4.79 Å². The lowest BCUT2D eigenvalue weighted by molar-refractivity contribution is -0.125. The summed E-state index contributed by atoms with van der Waals surface area (Å²) in [6, 6.07) is 29.3. The third-order valence-corrected chi connectivity index (χ3v) is 7.19. The molecule has 1 aromatic heterocycles. The zero-order valence-electron chi connectivity index (χ0n) is 20.3. The van der Waals surface area contributed by atoms with Crippen LogP contribution in [0.3, 0.4) is 0 Å². The molecule has 0 saturated carbocycles. The van der Waals surface area contributed by atoms with Crippen LogP contribution in [0.15, 0.2) is 90.3 Å². The van der Waals surface area contributed by atoms with Crippen molar-refractivity contribution in [3.8, 4) is 21.6 Å². The molecule has 0 aliphatic heterocycles. The molecule has 174 valence electrons. The average Bonchev–Trinajstić information content (AvgIpc) is 3.36. The molecule has 0 unspecified atom stereocenters. The van der Waals surface area contributed by atoms with Crippen molar-refractivity contribution in [3.05, 3.63) is 107 Å². The summed E-state index contributed by atoms with van der Waals surface area (Å²) in [6.45, 7) is 5.18. The number of thiophene rings is 1. The van der Waals surface area contributed by atoms with Crippen LogP contribution in [0.5, 0.6) is 0 Å². The summed E-state index contributed by atoms with van der Waals surface area (Å²) in [5, 5.41) is 4.99. The van der Waals surface area contributed by atoms with Crippen molar-refractivity contribution in [1.82, 2.24) is 10.2 Å². The van der Waals surface area contributed by atoms with E-state index in [0.29, 0.717) is 12.5 Å². The molecule has 4 rings (SSSR count). The Morgan fingerprint density at radius 2 is 1.59 bits per heavy atom. The molecule has 0 bridgehead atoms. The SMILES string of the molecule is CNC(=O)[C@@H](c1ccccc1)N(C)Cc1ccc(-c2cccc(-c3sccc3C(C)C)c2)cc1. The van der Waals surface area contributed by atoms with E-state index in [1.54, 1.807) is 7.05 Å². The van der Waals surface area contributed by atoms with Gasteiger partial charge in [-0.1, -0.05) is 86.6 Å². The molecule has 0 aliphatic rings. The van der Waals surface area contributed by atoms with Gasteiger partial charge in [0.2, 0.25) is 5.91 Å². The Kier molecular flexibility index (Phi) is 7.61.